The van der Waals surface area contributed by atoms with E-state index >= 15 is 0 Å². The van der Waals surface area contributed by atoms with Crippen molar-refractivity contribution in [2.45, 2.75) is 6.54 Å². The molecule has 2 N–H and O–H groups in total. The van der Waals surface area contributed by atoms with Gasteiger partial charge in [0.1, 0.15) is 0 Å². The van der Waals surface area contributed by atoms with Gasteiger partial charge in [-0.1, -0.05) is 35.9 Å². The minimum atomic E-state index is -0.165. The maximum absolute atomic E-state index is 12.6. The van der Waals surface area contributed by atoms with Crippen LogP contribution in [0, 0.1) is 0 Å². The third-order valence-electron chi connectivity index (χ3n) is 6.60. The predicted octanol–water partition coefficient (Wildman–Crippen LogP) is 3.10. The molecule has 0 unspecified atom stereocenters. The van der Waals surface area contributed by atoms with E-state index in [0.717, 1.165) is 31.9 Å². The second-order valence-electron chi connectivity index (χ2n) is 9.07. The number of anilines is 3. The van der Waals surface area contributed by atoms with E-state index in [0.29, 0.717) is 49.4 Å². The fraction of sp³-hybridized carbons (Fsp3) is 0.346. The largest absolute Gasteiger partial charge is 0.369 e. The van der Waals surface area contributed by atoms with Crippen LogP contribution in [0.25, 0.3) is 0 Å². The van der Waals surface area contributed by atoms with Gasteiger partial charge < -0.3 is 20.0 Å². The van der Waals surface area contributed by atoms with Crippen molar-refractivity contribution in [3.63, 3.8) is 0 Å². The Morgan fingerprint density at radius 1 is 0.889 bits per heavy atom. The molecule has 2 aliphatic heterocycles. The Balaban J connectivity index is 1.15. The molecule has 9 nitrogen and oxygen atoms in total. The number of aromatic nitrogens is 2. The van der Waals surface area contributed by atoms with Crippen LogP contribution in [0.3, 0.4) is 0 Å². The fourth-order valence-electron chi connectivity index (χ4n) is 4.65. The number of hydrogen-bond donors (Lipinski definition) is 2. The number of urea groups is 1. The Morgan fingerprint density at radius 2 is 1.61 bits per heavy atom. The van der Waals surface area contributed by atoms with Crippen molar-refractivity contribution in [2.24, 2.45) is 0 Å². The number of nitrogens with one attached hydrogen (secondary N) is 2. The monoisotopic (exact) mass is 507 g/mol. The van der Waals surface area contributed by atoms with Crippen LogP contribution in [-0.4, -0.2) is 78.2 Å². The average molecular weight is 508 g/mol. The number of benzene rings is 2. The summed E-state index contributed by atoms with van der Waals surface area (Å²) < 4.78 is 0. The maximum Gasteiger partial charge on any atom is 0.321 e. The summed E-state index contributed by atoms with van der Waals surface area (Å²) in [5.74, 6) is 0.565. The molecule has 10 heteroatoms. The van der Waals surface area contributed by atoms with Gasteiger partial charge in [0.05, 0.1) is 5.69 Å². The molecular formula is C26H30ClN7O2. The highest BCUT2D eigenvalue weighted by Gasteiger charge is 2.24. The van der Waals surface area contributed by atoms with Crippen LogP contribution in [0.2, 0.25) is 5.02 Å². The molecule has 3 aromatic rings. The zero-order valence-electron chi connectivity index (χ0n) is 20.1. The molecule has 2 aromatic carbocycles. The summed E-state index contributed by atoms with van der Waals surface area (Å²) in [5.41, 5.74) is 2.52. The second-order valence-corrected chi connectivity index (χ2v) is 9.51. The molecule has 2 saturated heterocycles. The zero-order valence-corrected chi connectivity index (χ0v) is 20.8. The summed E-state index contributed by atoms with van der Waals surface area (Å²) >= 11 is 6.01. The van der Waals surface area contributed by atoms with Gasteiger partial charge in [-0.05, 0) is 30.3 Å². The van der Waals surface area contributed by atoms with Crippen molar-refractivity contribution >= 4 is 35.0 Å². The summed E-state index contributed by atoms with van der Waals surface area (Å²) in [6.45, 7) is 6.60. The molecule has 0 spiro atoms. The van der Waals surface area contributed by atoms with Crippen molar-refractivity contribution in [3.05, 3.63) is 81.7 Å². The Labute approximate surface area is 215 Å². The number of amides is 2. The van der Waals surface area contributed by atoms with E-state index in [2.05, 4.69) is 44.4 Å². The number of carbonyl (C=O) groups is 1. The molecule has 0 aliphatic carbocycles. The Morgan fingerprint density at radius 3 is 2.33 bits per heavy atom. The first-order valence-corrected chi connectivity index (χ1v) is 12.6. The number of aromatic amines is 1. The first-order chi connectivity index (χ1) is 17.5. The Kier molecular flexibility index (Phi) is 7.39. The van der Waals surface area contributed by atoms with Gasteiger partial charge in [-0.3, -0.25) is 14.7 Å². The molecule has 0 radical (unpaired) electrons. The third kappa shape index (κ3) is 5.98. The van der Waals surface area contributed by atoms with Gasteiger partial charge in [-0.15, -0.1) is 0 Å². The summed E-state index contributed by atoms with van der Waals surface area (Å²) in [6, 6.07) is 19.0. The number of halogens is 1. The van der Waals surface area contributed by atoms with Gasteiger partial charge in [-0.25, -0.2) is 9.78 Å². The minimum Gasteiger partial charge on any atom is -0.369 e. The topological polar surface area (TPSA) is 87.8 Å². The minimum absolute atomic E-state index is 0.154. The van der Waals surface area contributed by atoms with E-state index in [1.807, 2.05) is 17.0 Å². The molecule has 188 valence electrons. The van der Waals surface area contributed by atoms with Crippen LogP contribution in [0.1, 0.15) is 5.69 Å². The highest BCUT2D eigenvalue weighted by molar-refractivity contribution is 6.30. The van der Waals surface area contributed by atoms with Crippen LogP contribution in [0.15, 0.2) is 65.5 Å². The van der Waals surface area contributed by atoms with Crippen LogP contribution in [0.5, 0.6) is 0 Å². The summed E-state index contributed by atoms with van der Waals surface area (Å²) in [5, 5.41) is 3.46. The lowest BCUT2D eigenvalue weighted by atomic mass is 10.2. The lowest BCUT2D eigenvalue weighted by Crippen LogP contribution is -2.51. The average Bonchev–Trinajstić information content (AvgIpc) is 2.89. The van der Waals surface area contributed by atoms with Crippen molar-refractivity contribution in [2.75, 3.05) is 67.5 Å². The van der Waals surface area contributed by atoms with Gasteiger partial charge in [0.25, 0.3) is 5.56 Å². The van der Waals surface area contributed by atoms with E-state index in [-0.39, 0.29) is 11.6 Å². The lowest BCUT2D eigenvalue weighted by molar-refractivity contribution is 0.208. The van der Waals surface area contributed by atoms with E-state index in [4.69, 9.17) is 16.6 Å². The second kappa shape index (κ2) is 11.0. The molecule has 1 aromatic heterocycles. The van der Waals surface area contributed by atoms with Crippen LogP contribution < -0.4 is 20.7 Å². The van der Waals surface area contributed by atoms with Gasteiger partial charge >= 0.3 is 6.03 Å². The highest BCUT2D eigenvalue weighted by atomic mass is 35.5. The van der Waals surface area contributed by atoms with Gasteiger partial charge in [0.2, 0.25) is 5.95 Å². The number of para-hydroxylation sites is 1. The lowest BCUT2D eigenvalue weighted by Gasteiger charge is -2.36. The molecular weight excluding hydrogens is 478 g/mol. The molecule has 2 aliphatic rings. The first kappa shape index (κ1) is 24.1. The van der Waals surface area contributed by atoms with Gasteiger partial charge in [0, 0.05) is 81.4 Å². The van der Waals surface area contributed by atoms with Crippen molar-refractivity contribution in [1.29, 1.82) is 0 Å². The Hall–Kier alpha value is -3.56. The van der Waals surface area contributed by atoms with Crippen LogP contribution in [-0.2, 0) is 6.54 Å². The Bertz CT molecular complexity index is 1240. The molecule has 0 saturated carbocycles. The van der Waals surface area contributed by atoms with Crippen molar-refractivity contribution in [1.82, 2.24) is 19.8 Å². The van der Waals surface area contributed by atoms with Gasteiger partial charge in [-0.2, -0.15) is 0 Å². The first-order valence-electron chi connectivity index (χ1n) is 12.2. The number of nitrogens with zero attached hydrogens (tertiary/aromatic N) is 5. The molecule has 5 rings (SSSR count). The van der Waals surface area contributed by atoms with Crippen molar-refractivity contribution < 1.29 is 4.79 Å². The van der Waals surface area contributed by atoms with E-state index in [9.17, 15) is 9.59 Å². The molecule has 0 atom stereocenters. The van der Waals surface area contributed by atoms with Gasteiger partial charge in [0.15, 0.2) is 0 Å². The summed E-state index contributed by atoms with van der Waals surface area (Å²) in [7, 11) is 0. The third-order valence-corrected chi connectivity index (χ3v) is 6.84. The quantitative estimate of drug-likeness (QED) is 0.552. The zero-order chi connectivity index (χ0) is 24.9. The number of piperazine rings is 2. The van der Waals surface area contributed by atoms with E-state index < -0.39 is 0 Å². The number of carbonyl (C=O) groups excluding carboxylic acids is 1. The molecule has 36 heavy (non-hydrogen) atoms. The fourth-order valence-corrected chi connectivity index (χ4v) is 4.84. The van der Waals surface area contributed by atoms with E-state index in [1.54, 1.807) is 29.2 Å². The summed E-state index contributed by atoms with van der Waals surface area (Å²) in [6.07, 6.45) is 0. The highest BCUT2D eigenvalue weighted by Crippen LogP contribution is 2.18. The number of rotatable bonds is 5. The molecule has 2 amide bonds. The number of hydrogen-bond acceptors (Lipinski definition) is 6. The summed E-state index contributed by atoms with van der Waals surface area (Å²) in [4.78, 5) is 41.2. The normalized spacial score (nSPS) is 16.8. The predicted molar refractivity (Wildman–Crippen MR) is 143 cm³/mol. The van der Waals surface area contributed by atoms with Crippen LogP contribution >= 0.6 is 11.6 Å². The standard InChI is InChI=1S/C26H30ClN7O2/c27-20-5-4-6-21(17-20)29-26(36)34-15-13-33(14-16-34)25-28-22(18-24(35)30-25)19-31-9-11-32(12-10-31)23-7-2-1-3-8-23/h1-8,17-18H,9-16,19H2,(H,29,36)(H,28,30,35). The number of H-pyrrole nitrogens is 1. The SMILES string of the molecule is O=C(Nc1cccc(Cl)c1)N1CCN(c2nc(CN3CCN(c4ccccc4)CC3)cc(=O)[nH]2)CC1. The molecule has 2 fully saturated rings. The molecule has 3 heterocycles. The maximum atomic E-state index is 12.6. The molecule has 0 bridgehead atoms. The van der Waals surface area contributed by atoms with Crippen molar-refractivity contribution in [3.8, 4) is 0 Å². The van der Waals surface area contributed by atoms with Crippen LogP contribution in [0.4, 0.5) is 22.1 Å². The smallest absolute Gasteiger partial charge is 0.321 e. The van der Waals surface area contributed by atoms with E-state index in [1.165, 1.54) is 5.69 Å².